The zero-order valence-electron chi connectivity index (χ0n) is 12.0. The fourth-order valence-corrected chi connectivity index (χ4v) is 3.24. The molecule has 0 unspecified atom stereocenters. The molecule has 21 heavy (non-hydrogen) atoms. The number of nitro groups is 1. The SMILES string of the molecule is CC(C)(C)SSCCOC(=O)Oc1ccc([N+](=O)[O-])cc1. The number of nitro benzene ring substituents is 1. The third-order valence-electron chi connectivity index (χ3n) is 1.94. The summed E-state index contributed by atoms with van der Waals surface area (Å²) in [6.07, 6.45) is -0.815. The van der Waals surface area contributed by atoms with Gasteiger partial charge in [-0.05, 0) is 12.1 Å². The van der Waals surface area contributed by atoms with Crippen LogP contribution >= 0.6 is 21.6 Å². The van der Waals surface area contributed by atoms with E-state index in [-0.39, 0.29) is 22.8 Å². The minimum absolute atomic E-state index is 0.0636. The van der Waals surface area contributed by atoms with Gasteiger partial charge in [0.1, 0.15) is 12.4 Å². The lowest BCUT2D eigenvalue weighted by molar-refractivity contribution is -0.384. The van der Waals surface area contributed by atoms with Gasteiger partial charge < -0.3 is 9.47 Å². The number of non-ortho nitro benzene ring substituents is 1. The van der Waals surface area contributed by atoms with Crippen molar-refractivity contribution >= 4 is 33.4 Å². The summed E-state index contributed by atoms with van der Waals surface area (Å²) in [5, 5.41) is 10.5. The molecule has 1 aromatic carbocycles. The van der Waals surface area contributed by atoms with E-state index < -0.39 is 11.1 Å². The van der Waals surface area contributed by atoms with Crippen molar-refractivity contribution in [3.63, 3.8) is 0 Å². The normalized spacial score (nSPS) is 11.0. The fraction of sp³-hybridized carbons (Fsp3) is 0.462. The first-order valence-electron chi connectivity index (χ1n) is 6.17. The topological polar surface area (TPSA) is 78.7 Å². The third-order valence-corrected chi connectivity index (χ3v) is 5.25. The van der Waals surface area contributed by atoms with Gasteiger partial charge in [-0.1, -0.05) is 42.4 Å². The molecule has 0 aliphatic carbocycles. The van der Waals surface area contributed by atoms with Crippen LogP contribution in [-0.4, -0.2) is 28.2 Å². The summed E-state index contributed by atoms with van der Waals surface area (Å²) < 4.78 is 9.96. The Morgan fingerprint density at radius 1 is 1.29 bits per heavy atom. The average molecular weight is 331 g/mol. The van der Waals surface area contributed by atoms with Crippen LogP contribution in [0.1, 0.15) is 20.8 Å². The van der Waals surface area contributed by atoms with Crippen molar-refractivity contribution < 1.29 is 19.2 Å². The Kier molecular flexibility index (Phi) is 6.83. The minimum Gasteiger partial charge on any atom is -0.433 e. The van der Waals surface area contributed by atoms with E-state index in [1.165, 1.54) is 24.3 Å². The number of hydrogen-bond donors (Lipinski definition) is 0. The van der Waals surface area contributed by atoms with Crippen molar-refractivity contribution in [2.75, 3.05) is 12.4 Å². The number of carbonyl (C=O) groups is 1. The molecule has 0 bridgehead atoms. The van der Waals surface area contributed by atoms with Gasteiger partial charge in [-0.15, -0.1) is 0 Å². The van der Waals surface area contributed by atoms with E-state index in [1.54, 1.807) is 21.6 Å². The average Bonchev–Trinajstić information content (AvgIpc) is 2.37. The van der Waals surface area contributed by atoms with Crippen LogP contribution in [0.15, 0.2) is 24.3 Å². The zero-order valence-corrected chi connectivity index (χ0v) is 13.7. The Hall–Kier alpha value is -1.41. The lowest BCUT2D eigenvalue weighted by Gasteiger charge is -2.15. The molecule has 8 heteroatoms. The van der Waals surface area contributed by atoms with E-state index in [2.05, 4.69) is 20.8 Å². The first kappa shape index (κ1) is 17.6. The third kappa shape index (κ3) is 7.81. The molecule has 0 amide bonds. The van der Waals surface area contributed by atoms with Gasteiger partial charge in [0.05, 0.1) is 4.92 Å². The molecule has 0 atom stereocenters. The molecular formula is C13H17NO5S2. The number of carbonyl (C=O) groups excluding carboxylic acids is 1. The Bertz CT molecular complexity index is 484. The highest BCUT2D eigenvalue weighted by Gasteiger charge is 2.12. The molecule has 0 aliphatic rings. The Morgan fingerprint density at radius 3 is 2.43 bits per heavy atom. The van der Waals surface area contributed by atoms with Gasteiger partial charge >= 0.3 is 6.16 Å². The van der Waals surface area contributed by atoms with Gasteiger partial charge in [0.15, 0.2) is 0 Å². The molecule has 0 radical (unpaired) electrons. The van der Waals surface area contributed by atoms with Gasteiger partial charge in [0, 0.05) is 22.6 Å². The van der Waals surface area contributed by atoms with Crippen LogP contribution in [0.5, 0.6) is 5.75 Å². The van der Waals surface area contributed by atoms with Gasteiger partial charge in [0.2, 0.25) is 0 Å². The number of rotatable bonds is 6. The van der Waals surface area contributed by atoms with Crippen molar-refractivity contribution in [3.05, 3.63) is 34.4 Å². The van der Waals surface area contributed by atoms with Gasteiger partial charge in [0.25, 0.3) is 5.69 Å². The summed E-state index contributed by atoms with van der Waals surface area (Å²) in [4.78, 5) is 21.4. The predicted octanol–water partition coefficient (Wildman–Crippen LogP) is 4.29. The van der Waals surface area contributed by atoms with E-state index in [9.17, 15) is 14.9 Å². The second kappa shape index (κ2) is 8.14. The van der Waals surface area contributed by atoms with E-state index in [0.29, 0.717) is 5.75 Å². The molecule has 0 heterocycles. The van der Waals surface area contributed by atoms with Crippen LogP contribution < -0.4 is 4.74 Å². The van der Waals surface area contributed by atoms with Crippen molar-refractivity contribution in [2.45, 2.75) is 25.5 Å². The molecule has 0 aromatic heterocycles. The van der Waals surface area contributed by atoms with Crippen LogP contribution in [0, 0.1) is 10.1 Å². The predicted molar refractivity (Wildman–Crippen MR) is 84.9 cm³/mol. The molecule has 0 N–H and O–H groups in total. The Labute approximate surface area is 131 Å². The maximum Gasteiger partial charge on any atom is 0.513 e. The van der Waals surface area contributed by atoms with Crippen molar-refractivity contribution in [2.24, 2.45) is 0 Å². The summed E-state index contributed by atoms with van der Waals surface area (Å²) in [5.74, 6) is 0.874. The molecule has 116 valence electrons. The highest BCUT2D eigenvalue weighted by Crippen LogP contribution is 2.34. The summed E-state index contributed by atoms with van der Waals surface area (Å²) in [6.45, 7) is 6.57. The van der Waals surface area contributed by atoms with E-state index in [4.69, 9.17) is 9.47 Å². The van der Waals surface area contributed by atoms with Crippen LogP contribution in [0.25, 0.3) is 0 Å². The highest BCUT2D eigenvalue weighted by atomic mass is 33.1. The van der Waals surface area contributed by atoms with E-state index >= 15 is 0 Å². The minimum atomic E-state index is -0.815. The molecule has 0 saturated carbocycles. The van der Waals surface area contributed by atoms with Crippen molar-refractivity contribution in [1.82, 2.24) is 0 Å². The molecule has 0 spiro atoms. The second-order valence-electron chi connectivity index (χ2n) is 4.97. The van der Waals surface area contributed by atoms with E-state index in [1.807, 2.05) is 0 Å². The summed E-state index contributed by atoms with van der Waals surface area (Å²) in [7, 11) is 3.34. The first-order chi connectivity index (χ1) is 9.78. The molecule has 0 fully saturated rings. The maximum atomic E-state index is 11.4. The molecule has 1 aromatic rings. The number of nitrogens with zero attached hydrogens (tertiary/aromatic N) is 1. The zero-order chi connectivity index (χ0) is 15.9. The second-order valence-corrected chi connectivity index (χ2v) is 8.21. The number of benzene rings is 1. The monoisotopic (exact) mass is 331 g/mol. The van der Waals surface area contributed by atoms with Gasteiger partial charge in [-0.2, -0.15) is 0 Å². The molecule has 6 nitrogen and oxygen atoms in total. The number of ether oxygens (including phenoxy) is 2. The largest absolute Gasteiger partial charge is 0.513 e. The number of hydrogen-bond acceptors (Lipinski definition) is 7. The molecule has 0 aliphatic heterocycles. The quantitative estimate of drug-likeness (QED) is 0.192. The van der Waals surface area contributed by atoms with E-state index in [0.717, 1.165) is 0 Å². The van der Waals surface area contributed by atoms with Crippen molar-refractivity contribution in [1.29, 1.82) is 0 Å². The van der Waals surface area contributed by atoms with Crippen LogP contribution in [0.3, 0.4) is 0 Å². The van der Waals surface area contributed by atoms with Crippen LogP contribution in [0.2, 0.25) is 0 Å². The first-order valence-corrected chi connectivity index (χ1v) is 8.49. The standard InChI is InChI=1S/C13H17NO5S2/c1-13(2,3)21-20-9-8-18-12(15)19-11-6-4-10(5-7-11)14(16)17/h4-7H,8-9H2,1-3H3. The molecular weight excluding hydrogens is 314 g/mol. The molecule has 1 rings (SSSR count). The highest BCUT2D eigenvalue weighted by molar-refractivity contribution is 8.77. The van der Waals surface area contributed by atoms with Crippen LogP contribution in [-0.2, 0) is 4.74 Å². The summed E-state index contributed by atoms with van der Waals surface area (Å²) in [5.41, 5.74) is -0.0636. The summed E-state index contributed by atoms with van der Waals surface area (Å²) in [6, 6.07) is 5.23. The molecule has 0 saturated heterocycles. The van der Waals surface area contributed by atoms with Gasteiger partial charge in [-0.25, -0.2) is 4.79 Å². The Balaban J connectivity index is 2.26. The fourth-order valence-electron chi connectivity index (χ4n) is 1.14. The van der Waals surface area contributed by atoms with Crippen LogP contribution in [0.4, 0.5) is 10.5 Å². The van der Waals surface area contributed by atoms with Crippen molar-refractivity contribution in [3.8, 4) is 5.75 Å². The lowest BCUT2D eigenvalue weighted by Crippen LogP contribution is -2.12. The summed E-state index contributed by atoms with van der Waals surface area (Å²) >= 11 is 0. The smallest absolute Gasteiger partial charge is 0.433 e. The maximum absolute atomic E-state index is 11.4. The van der Waals surface area contributed by atoms with Gasteiger partial charge in [-0.3, -0.25) is 10.1 Å². The Morgan fingerprint density at radius 2 is 1.90 bits per heavy atom. The lowest BCUT2D eigenvalue weighted by atomic mass is 10.3.